The normalized spacial score (nSPS) is 10.6. The molecule has 1 aromatic carbocycles. The molecule has 1 heterocycles. The molecule has 0 saturated carbocycles. The van der Waals surface area contributed by atoms with Crippen LogP contribution in [0.1, 0.15) is 12.5 Å². The predicted molar refractivity (Wildman–Crippen MR) is 58.4 cm³/mol. The van der Waals surface area contributed by atoms with Crippen LogP contribution in [0, 0.1) is 0 Å². The van der Waals surface area contributed by atoms with Crippen molar-refractivity contribution >= 4 is 16.6 Å². The molecule has 0 aliphatic rings. The highest BCUT2D eigenvalue weighted by molar-refractivity contribution is 5.91. The maximum absolute atomic E-state index is 11.5. The highest BCUT2D eigenvalue weighted by Gasteiger charge is 2.06. The molecule has 3 N–H and O–H groups in total. The van der Waals surface area contributed by atoms with E-state index in [-0.39, 0.29) is 5.56 Å². The second-order valence-corrected chi connectivity index (χ2v) is 3.25. The maximum atomic E-state index is 11.5. The molecule has 0 aliphatic heterocycles. The van der Waals surface area contributed by atoms with Crippen LogP contribution in [-0.4, -0.2) is 4.98 Å². The van der Waals surface area contributed by atoms with Gasteiger partial charge in [-0.15, -0.1) is 0 Å². The Morgan fingerprint density at radius 3 is 2.79 bits per heavy atom. The van der Waals surface area contributed by atoms with Crippen LogP contribution in [0.3, 0.4) is 0 Å². The lowest BCUT2D eigenvalue weighted by molar-refractivity contribution is 1.09. The number of anilines is 1. The van der Waals surface area contributed by atoms with Crippen molar-refractivity contribution in [1.82, 2.24) is 4.98 Å². The number of nitrogens with two attached hydrogens (primary N) is 1. The number of para-hydroxylation sites is 1. The highest BCUT2D eigenvalue weighted by atomic mass is 16.1. The Hall–Kier alpha value is -1.77. The molecule has 3 nitrogen and oxygen atoms in total. The Balaban J connectivity index is 2.93. The maximum Gasteiger partial charge on any atom is 0.253 e. The number of fused-ring (bicyclic) bond motifs is 1. The molecule has 3 heteroatoms. The van der Waals surface area contributed by atoms with Crippen molar-refractivity contribution in [3.63, 3.8) is 0 Å². The van der Waals surface area contributed by atoms with E-state index >= 15 is 0 Å². The lowest BCUT2D eigenvalue weighted by atomic mass is 10.1. The van der Waals surface area contributed by atoms with E-state index in [1.165, 1.54) is 0 Å². The molecule has 0 unspecified atom stereocenters. The first kappa shape index (κ1) is 8.81. The van der Waals surface area contributed by atoms with Gasteiger partial charge in [0.15, 0.2) is 0 Å². The van der Waals surface area contributed by atoms with E-state index in [0.29, 0.717) is 17.7 Å². The number of pyridine rings is 1. The van der Waals surface area contributed by atoms with Crippen LogP contribution in [0.15, 0.2) is 29.1 Å². The largest absolute Gasteiger partial charge is 0.398 e. The van der Waals surface area contributed by atoms with Gasteiger partial charge in [0.1, 0.15) is 0 Å². The molecular weight excluding hydrogens is 176 g/mol. The lowest BCUT2D eigenvalue weighted by Gasteiger charge is -2.05. The van der Waals surface area contributed by atoms with E-state index in [9.17, 15) is 4.79 Å². The van der Waals surface area contributed by atoms with Crippen LogP contribution < -0.4 is 11.3 Å². The van der Waals surface area contributed by atoms with Gasteiger partial charge < -0.3 is 10.7 Å². The summed E-state index contributed by atoms with van der Waals surface area (Å²) in [5.41, 5.74) is 7.90. The summed E-state index contributed by atoms with van der Waals surface area (Å²) in [6.07, 6.45) is 0.659. The van der Waals surface area contributed by atoms with Crippen molar-refractivity contribution < 1.29 is 0 Å². The molecular formula is C11H12N2O. The fourth-order valence-electron chi connectivity index (χ4n) is 1.66. The standard InChI is InChI=1S/C11H12N2O/c1-2-7-10(12)8-5-3-4-6-9(8)13-11(7)14/h3-6H,2H2,1H3,(H3,12,13,14). The quantitative estimate of drug-likeness (QED) is 0.715. The minimum Gasteiger partial charge on any atom is -0.398 e. The molecule has 72 valence electrons. The van der Waals surface area contributed by atoms with E-state index in [2.05, 4.69) is 4.98 Å². The Morgan fingerprint density at radius 1 is 1.36 bits per heavy atom. The summed E-state index contributed by atoms with van der Waals surface area (Å²) in [5, 5.41) is 0.920. The summed E-state index contributed by atoms with van der Waals surface area (Å²) in [6.45, 7) is 1.93. The Bertz CT molecular complexity index is 528. The van der Waals surface area contributed by atoms with Crippen molar-refractivity contribution in [3.05, 3.63) is 40.2 Å². The Kier molecular flexibility index (Phi) is 2.00. The summed E-state index contributed by atoms with van der Waals surface area (Å²) in [6, 6.07) is 7.56. The zero-order chi connectivity index (χ0) is 10.1. The lowest BCUT2D eigenvalue weighted by Crippen LogP contribution is -2.14. The molecule has 2 aromatic rings. The van der Waals surface area contributed by atoms with Crippen molar-refractivity contribution in [2.24, 2.45) is 0 Å². The summed E-state index contributed by atoms with van der Waals surface area (Å²) in [4.78, 5) is 14.4. The first-order valence-corrected chi connectivity index (χ1v) is 4.63. The van der Waals surface area contributed by atoms with Gasteiger partial charge in [0.2, 0.25) is 0 Å². The monoisotopic (exact) mass is 188 g/mol. The minimum atomic E-state index is -0.0799. The smallest absolute Gasteiger partial charge is 0.253 e. The first-order valence-electron chi connectivity index (χ1n) is 4.63. The van der Waals surface area contributed by atoms with Gasteiger partial charge in [-0.1, -0.05) is 25.1 Å². The summed E-state index contributed by atoms with van der Waals surface area (Å²) < 4.78 is 0. The van der Waals surface area contributed by atoms with Crippen molar-refractivity contribution in [3.8, 4) is 0 Å². The van der Waals surface area contributed by atoms with Gasteiger partial charge in [0.25, 0.3) is 5.56 Å². The second kappa shape index (κ2) is 3.18. The average Bonchev–Trinajstić information content (AvgIpc) is 2.18. The van der Waals surface area contributed by atoms with Gasteiger partial charge in [-0.3, -0.25) is 4.79 Å². The topological polar surface area (TPSA) is 58.9 Å². The minimum absolute atomic E-state index is 0.0799. The first-order chi connectivity index (χ1) is 6.74. The van der Waals surface area contributed by atoms with Crippen LogP contribution in [0.5, 0.6) is 0 Å². The fraction of sp³-hybridized carbons (Fsp3) is 0.182. The van der Waals surface area contributed by atoms with Crippen molar-refractivity contribution in [2.45, 2.75) is 13.3 Å². The van der Waals surface area contributed by atoms with Crippen LogP contribution in [0.25, 0.3) is 10.9 Å². The molecule has 0 atom stereocenters. The zero-order valence-electron chi connectivity index (χ0n) is 8.00. The third-order valence-corrected chi connectivity index (χ3v) is 2.42. The number of hydrogen-bond donors (Lipinski definition) is 2. The van der Waals surface area contributed by atoms with Crippen LogP contribution in [-0.2, 0) is 6.42 Å². The number of rotatable bonds is 1. The number of aromatic nitrogens is 1. The molecule has 0 saturated heterocycles. The number of aromatic amines is 1. The molecule has 0 aliphatic carbocycles. The second-order valence-electron chi connectivity index (χ2n) is 3.25. The SMILES string of the molecule is CCc1c(N)c2ccccc2[nH]c1=O. The van der Waals surface area contributed by atoms with Gasteiger partial charge in [-0.25, -0.2) is 0 Å². The van der Waals surface area contributed by atoms with E-state index in [1.807, 2.05) is 31.2 Å². The van der Waals surface area contributed by atoms with Gasteiger partial charge in [0, 0.05) is 16.6 Å². The third-order valence-electron chi connectivity index (χ3n) is 2.42. The van der Waals surface area contributed by atoms with E-state index < -0.39 is 0 Å². The van der Waals surface area contributed by atoms with Crippen LogP contribution in [0.2, 0.25) is 0 Å². The molecule has 1 aromatic heterocycles. The fourth-order valence-corrected chi connectivity index (χ4v) is 1.66. The van der Waals surface area contributed by atoms with Gasteiger partial charge in [-0.2, -0.15) is 0 Å². The van der Waals surface area contributed by atoms with Gasteiger partial charge >= 0.3 is 0 Å². The third kappa shape index (κ3) is 1.18. The van der Waals surface area contributed by atoms with E-state index in [0.717, 1.165) is 10.9 Å². The number of hydrogen-bond acceptors (Lipinski definition) is 2. The molecule has 0 spiro atoms. The highest BCUT2D eigenvalue weighted by Crippen LogP contribution is 2.19. The average molecular weight is 188 g/mol. The van der Waals surface area contributed by atoms with Crippen LogP contribution >= 0.6 is 0 Å². The zero-order valence-corrected chi connectivity index (χ0v) is 8.00. The van der Waals surface area contributed by atoms with Gasteiger partial charge in [-0.05, 0) is 12.5 Å². The Morgan fingerprint density at radius 2 is 2.07 bits per heavy atom. The molecule has 0 bridgehead atoms. The summed E-state index contributed by atoms with van der Waals surface area (Å²) in [5.74, 6) is 0. The van der Waals surface area contributed by atoms with Crippen LogP contribution in [0.4, 0.5) is 5.69 Å². The number of nitrogens with one attached hydrogen (secondary N) is 1. The van der Waals surface area contributed by atoms with Crippen molar-refractivity contribution in [1.29, 1.82) is 0 Å². The number of nitrogen functional groups attached to an aromatic ring is 1. The predicted octanol–water partition coefficient (Wildman–Crippen LogP) is 1.67. The number of benzene rings is 1. The Labute approximate surface area is 81.6 Å². The molecule has 2 rings (SSSR count). The summed E-state index contributed by atoms with van der Waals surface area (Å²) in [7, 11) is 0. The van der Waals surface area contributed by atoms with E-state index in [1.54, 1.807) is 0 Å². The molecule has 0 fully saturated rings. The van der Waals surface area contributed by atoms with E-state index in [4.69, 9.17) is 5.73 Å². The summed E-state index contributed by atoms with van der Waals surface area (Å²) >= 11 is 0. The van der Waals surface area contributed by atoms with Crippen molar-refractivity contribution in [2.75, 3.05) is 5.73 Å². The molecule has 0 amide bonds. The molecule has 0 radical (unpaired) electrons. The van der Waals surface area contributed by atoms with Gasteiger partial charge in [0.05, 0.1) is 5.52 Å². The number of H-pyrrole nitrogens is 1. The molecule has 14 heavy (non-hydrogen) atoms.